The SMILES string of the molecule is CCCNc1nc(N)nc(Nc2cc(S(=O)(=O)O)c3cc(S(=O)(=O)O)ccc3c2)n1. The third-order valence-electron chi connectivity index (χ3n) is 3.91. The zero-order valence-electron chi connectivity index (χ0n) is 15.6. The van der Waals surface area contributed by atoms with Crippen molar-refractivity contribution in [3.63, 3.8) is 0 Å². The number of nitrogens with one attached hydrogen (secondary N) is 2. The van der Waals surface area contributed by atoms with Crippen molar-refractivity contribution in [2.24, 2.45) is 0 Å². The first kappa shape index (κ1) is 21.6. The van der Waals surface area contributed by atoms with Gasteiger partial charge in [-0.05, 0) is 36.1 Å². The second-order valence-electron chi connectivity index (χ2n) is 6.20. The zero-order valence-corrected chi connectivity index (χ0v) is 17.2. The zero-order chi connectivity index (χ0) is 22.1. The minimum absolute atomic E-state index is 0.0243. The number of fused-ring (bicyclic) bond motifs is 1. The Hall–Kier alpha value is -3.07. The van der Waals surface area contributed by atoms with Crippen molar-refractivity contribution in [2.45, 2.75) is 23.1 Å². The molecular weight excluding hydrogens is 436 g/mol. The molecule has 0 amide bonds. The Balaban J connectivity index is 2.11. The van der Waals surface area contributed by atoms with Crippen LogP contribution in [0.2, 0.25) is 0 Å². The molecule has 0 aliphatic carbocycles. The molecule has 30 heavy (non-hydrogen) atoms. The van der Waals surface area contributed by atoms with Gasteiger partial charge in [0.2, 0.25) is 17.8 Å². The minimum atomic E-state index is -4.74. The van der Waals surface area contributed by atoms with Gasteiger partial charge in [-0.2, -0.15) is 31.8 Å². The molecule has 2 aromatic carbocycles. The first-order valence-corrected chi connectivity index (χ1v) is 11.4. The normalized spacial score (nSPS) is 12.1. The third-order valence-corrected chi connectivity index (χ3v) is 5.65. The van der Waals surface area contributed by atoms with Crippen LogP contribution in [0.4, 0.5) is 23.5 Å². The average molecular weight is 454 g/mol. The van der Waals surface area contributed by atoms with Gasteiger partial charge in [-0.25, -0.2) is 0 Å². The fraction of sp³-hybridized carbons (Fsp3) is 0.188. The molecule has 160 valence electrons. The number of hydrogen-bond donors (Lipinski definition) is 5. The van der Waals surface area contributed by atoms with Crippen LogP contribution in [0.5, 0.6) is 0 Å². The van der Waals surface area contributed by atoms with E-state index in [9.17, 15) is 25.9 Å². The summed E-state index contributed by atoms with van der Waals surface area (Å²) in [5, 5.41) is 5.91. The van der Waals surface area contributed by atoms with Gasteiger partial charge in [-0.15, -0.1) is 0 Å². The summed E-state index contributed by atoms with van der Waals surface area (Å²) in [5.41, 5.74) is 5.86. The predicted octanol–water partition coefficient (Wildman–Crippen LogP) is 1.67. The standard InChI is InChI=1S/C16H18N6O6S2/c1-2-5-18-15-20-14(17)21-16(22-15)19-10-6-9-3-4-11(29(23,24)25)8-12(9)13(7-10)30(26,27)28/h3-4,6-8H,2,5H2,1H3,(H,23,24,25)(H,26,27,28)(H4,17,18,19,20,21,22). The van der Waals surface area contributed by atoms with Crippen LogP contribution in [-0.2, 0) is 20.2 Å². The van der Waals surface area contributed by atoms with Crippen molar-refractivity contribution in [1.82, 2.24) is 15.0 Å². The fourth-order valence-electron chi connectivity index (χ4n) is 2.64. The molecule has 0 aliphatic rings. The van der Waals surface area contributed by atoms with Gasteiger partial charge in [0.15, 0.2) is 0 Å². The number of nitrogens with two attached hydrogens (primary N) is 1. The van der Waals surface area contributed by atoms with Gasteiger partial charge in [-0.1, -0.05) is 13.0 Å². The molecule has 12 nitrogen and oxygen atoms in total. The molecule has 6 N–H and O–H groups in total. The molecule has 0 bridgehead atoms. The van der Waals surface area contributed by atoms with Crippen LogP contribution in [-0.4, -0.2) is 47.4 Å². The highest BCUT2D eigenvalue weighted by molar-refractivity contribution is 7.86. The molecule has 0 unspecified atom stereocenters. The van der Waals surface area contributed by atoms with Crippen LogP contribution >= 0.6 is 0 Å². The van der Waals surface area contributed by atoms with E-state index in [0.717, 1.165) is 24.6 Å². The molecule has 14 heteroatoms. The topological polar surface area (TPSA) is 197 Å². The van der Waals surface area contributed by atoms with Crippen molar-refractivity contribution in [3.05, 3.63) is 30.3 Å². The summed E-state index contributed by atoms with van der Waals surface area (Å²) in [7, 11) is -9.31. The Morgan fingerprint density at radius 1 is 0.967 bits per heavy atom. The molecule has 0 radical (unpaired) electrons. The van der Waals surface area contributed by atoms with E-state index in [-0.39, 0.29) is 34.3 Å². The maximum Gasteiger partial charge on any atom is 0.295 e. The maximum atomic E-state index is 11.9. The lowest BCUT2D eigenvalue weighted by molar-refractivity contribution is 0.480. The van der Waals surface area contributed by atoms with Crippen molar-refractivity contribution in [3.8, 4) is 0 Å². The Kier molecular flexibility index (Phi) is 5.76. The molecule has 0 fully saturated rings. The molecule has 0 aliphatic heterocycles. The van der Waals surface area contributed by atoms with Gasteiger partial charge >= 0.3 is 0 Å². The number of benzene rings is 2. The van der Waals surface area contributed by atoms with E-state index in [1.807, 2.05) is 6.92 Å². The summed E-state index contributed by atoms with van der Waals surface area (Å²) in [5.74, 6) is 0.177. The van der Waals surface area contributed by atoms with Crippen molar-refractivity contribution in [1.29, 1.82) is 0 Å². The van der Waals surface area contributed by atoms with E-state index in [2.05, 4.69) is 25.6 Å². The Morgan fingerprint density at radius 2 is 1.67 bits per heavy atom. The van der Waals surface area contributed by atoms with E-state index in [1.165, 1.54) is 12.1 Å². The molecule has 1 heterocycles. The lowest BCUT2D eigenvalue weighted by Gasteiger charge is -2.12. The van der Waals surface area contributed by atoms with Crippen LogP contribution < -0.4 is 16.4 Å². The fourth-order valence-corrected chi connectivity index (χ4v) is 3.88. The first-order valence-electron chi connectivity index (χ1n) is 8.52. The number of rotatable bonds is 7. The molecule has 0 atom stereocenters. The van der Waals surface area contributed by atoms with Crippen LogP contribution in [0.3, 0.4) is 0 Å². The van der Waals surface area contributed by atoms with Crippen LogP contribution in [0, 0.1) is 0 Å². The van der Waals surface area contributed by atoms with Gasteiger partial charge in [0, 0.05) is 17.6 Å². The highest BCUT2D eigenvalue weighted by Crippen LogP contribution is 2.30. The van der Waals surface area contributed by atoms with Crippen LogP contribution in [0.25, 0.3) is 10.8 Å². The van der Waals surface area contributed by atoms with Crippen LogP contribution in [0.1, 0.15) is 13.3 Å². The largest absolute Gasteiger partial charge is 0.368 e. The van der Waals surface area contributed by atoms with Gasteiger partial charge in [-0.3, -0.25) is 9.11 Å². The van der Waals surface area contributed by atoms with Gasteiger partial charge in [0.25, 0.3) is 20.2 Å². The number of nitrogen functional groups attached to an aromatic ring is 1. The molecular formula is C16H18N6O6S2. The number of hydrogen-bond acceptors (Lipinski definition) is 10. The van der Waals surface area contributed by atoms with Gasteiger partial charge in [0.05, 0.1) is 4.90 Å². The monoisotopic (exact) mass is 454 g/mol. The number of nitrogens with zero attached hydrogens (tertiary/aromatic N) is 3. The van der Waals surface area contributed by atoms with E-state index in [1.54, 1.807) is 0 Å². The quantitative estimate of drug-likeness (QED) is 0.324. The maximum absolute atomic E-state index is 11.9. The average Bonchev–Trinajstić information content (AvgIpc) is 2.63. The predicted molar refractivity (Wildman–Crippen MR) is 110 cm³/mol. The number of anilines is 4. The molecule has 3 rings (SSSR count). The Bertz CT molecular complexity index is 1330. The van der Waals surface area contributed by atoms with Crippen molar-refractivity contribution in [2.75, 3.05) is 22.9 Å². The summed E-state index contributed by atoms with van der Waals surface area (Å²) < 4.78 is 65.3. The summed E-state index contributed by atoms with van der Waals surface area (Å²) in [6.07, 6.45) is 0.822. The molecule has 0 spiro atoms. The van der Waals surface area contributed by atoms with E-state index >= 15 is 0 Å². The second kappa shape index (κ2) is 7.98. The first-order chi connectivity index (χ1) is 14.0. The smallest absolute Gasteiger partial charge is 0.295 e. The Morgan fingerprint density at radius 3 is 2.30 bits per heavy atom. The summed E-state index contributed by atoms with van der Waals surface area (Å²) in [4.78, 5) is 10.9. The van der Waals surface area contributed by atoms with Crippen molar-refractivity contribution < 1.29 is 25.9 Å². The summed E-state index contributed by atoms with van der Waals surface area (Å²) in [6.45, 7) is 2.55. The highest BCUT2D eigenvalue weighted by Gasteiger charge is 2.19. The molecule has 1 aromatic heterocycles. The van der Waals surface area contributed by atoms with E-state index in [4.69, 9.17) is 5.73 Å². The second-order valence-corrected chi connectivity index (χ2v) is 9.01. The van der Waals surface area contributed by atoms with Gasteiger partial charge in [0.1, 0.15) is 4.90 Å². The molecule has 0 saturated carbocycles. The van der Waals surface area contributed by atoms with E-state index < -0.39 is 30.0 Å². The Labute approximate surface area is 172 Å². The molecule has 3 aromatic rings. The lowest BCUT2D eigenvalue weighted by atomic mass is 10.1. The van der Waals surface area contributed by atoms with Crippen LogP contribution in [0.15, 0.2) is 40.1 Å². The number of aromatic nitrogens is 3. The molecule has 0 saturated heterocycles. The van der Waals surface area contributed by atoms with Crippen molar-refractivity contribution >= 4 is 54.5 Å². The lowest BCUT2D eigenvalue weighted by Crippen LogP contribution is -2.10. The van der Waals surface area contributed by atoms with E-state index in [0.29, 0.717) is 6.54 Å². The minimum Gasteiger partial charge on any atom is -0.368 e. The van der Waals surface area contributed by atoms with Gasteiger partial charge < -0.3 is 16.4 Å². The third kappa shape index (κ3) is 4.91. The summed E-state index contributed by atoms with van der Waals surface area (Å²) in [6, 6.07) is 5.89. The summed E-state index contributed by atoms with van der Waals surface area (Å²) >= 11 is 0. The highest BCUT2D eigenvalue weighted by atomic mass is 32.2.